The maximum Gasteiger partial charge on any atom is 0.422 e. The van der Waals surface area contributed by atoms with Gasteiger partial charge in [0, 0.05) is 38.0 Å². The molecule has 2 heterocycles. The Balaban J connectivity index is 2.00. The van der Waals surface area contributed by atoms with E-state index >= 15 is 0 Å². The molecule has 2 rings (SSSR count). The van der Waals surface area contributed by atoms with Crippen molar-refractivity contribution in [2.24, 2.45) is 0 Å². The number of halogens is 3. The molecule has 6 nitrogen and oxygen atoms in total. The van der Waals surface area contributed by atoms with Crippen LogP contribution in [0.15, 0.2) is 47.6 Å². The molecule has 0 unspecified atom stereocenters. The molecule has 0 saturated heterocycles. The molecule has 0 saturated carbocycles. The molecule has 0 aromatic carbocycles. The summed E-state index contributed by atoms with van der Waals surface area (Å²) in [6, 6.07) is 7.60. The van der Waals surface area contributed by atoms with Crippen molar-refractivity contribution in [2.75, 3.05) is 20.2 Å². The number of nitrogens with zero attached hydrogens (tertiary/aromatic N) is 3. The van der Waals surface area contributed by atoms with E-state index in [4.69, 9.17) is 0 Å². The molecule has 0 aliphatic heterocycles. The quantitative estimate of drug-likeness (QED) is 0.742. The Bertz CT molecular complexity index is 781. The minimum absolute atomic E-state index is 0.129. The fourth-order valence-electron chi connectivity index (χ4n) is 1.88. The van der Waals surface area contributed by atoms with Crippen molar-refractivity contribution in [3.05, 3.63) is 48.4 Å². The highest BCUT2D eigenvalue weighted by Crippen LogP contribution is 2.19. The van der Waals surface area contributed by atoms with Crippen molar-refractivity contribution < 1.29 is 26.3 Å². The maximum absolute atomic E-state index is 12.4. The summed E-state index contributed by atoms with van der Waals surface area (Å²) in [5.74, 6) is -0.299. The Morgan fingerprint density at radius 1 is 1.16 bits per heavy atom. The zero-order valence-electron chi connectivity index (χ0n) is 13.3. The van der Waals surface area contributed by atoms with Gasteiger partial charge in [-0.15, -0.1) is 0 Å². The van der Waals surface area contributed by atoms with Gasteiger partial charge in [0.05, 0.1) is 6.20 Å². The van der Waals surface area contributed by atoms with Crippen molar-refractivity contribution in [3.63, 3.8) is 0 Å². The Labute approximate surface area is 143 Å². The largest absolute Gasteiger partial charge is 0.468 e. The molecule has 0 bridgehead atoms. The number of alkyl halides is 3. The molecule has 2 aromatic rings. The first-order chi connectivity index (χ1) is 11.7. The van der Waals surface area contributed by atoms with E-state index in [9.17, 15) is 21.6 Å². The van der Waals surface area contributed by atoms with Crippen LogP contribution >= 0.6 is 0 Å². The highest BCUT2D eigenvalue weighted by molar-refractivity contribution is 7.89. The van der Waals surface area contributed by atoms with Gasteiger partial charge in [-0.05, 0) is 18.2 Å². The van der Waals surface area contributed by atoms with Crippen molar-refractivity contribution in [1.29, 1.82) is 0 Å². The van der Waals surface area contributed by atoms with E-state index in [1.165, 1.54) is 7.05 Å². The second-order valence-corrected chi connectivity index (χ2v) is 7.18. The fourth-order valence-corrected chi connectivity index (χ4v) is 3.00. The highest BCUT2D eigenvalue weighted by Gasteiger charge is 2.29. The predicted octanol–water partition coefficient (Wildman–Crippen LogP) is 2.28. The zero-order chi connectivity index (χ0) is 18.5. The summed E-state index contributed by atoms with van der Waals surface area (Å²) in [6.07, 6.45) is -1.47. The summed E-state index contributed by atoms with van der Waals surface area (Å²) in [4.78, 5) is 7.59. The monoisotopic (exact) mass is 375 g/mol. The average molecular weight is 375 g/mol. The number of aromatic nitrogens is 2. The minimum atomic E-state index is -4.49. The third kappa shape index (κ3) is 5.68. The van der Waals surface area contributed by atoms with Crippen LogP contribution in [0, 0.1) is 0 Å². The lowest BCUT2D eigenvalue weighted by Gasteiger charge is -2.17. The van der Waals surface area contributed by atoms with Gasteiger partial charge in [0.25, 0.3) is 0 Å². The molecule has 0 spiro atoms. The van der Waals surface area contributed by atoms with Crippen LogP contribution in [-0.2, 0) is 16.4 Å². The van der Waals surface area contributed by atoms with Crippen molar-refractivity contribution >= 4 is 10.0 Å². The predicted molar refractivity (Wildman–Crippen MR) is 83.5 cm³/mol. The first-order valence-electron chi connectivity index (χ1n) is 7.20. The Kier molecular flexibility index (Phi) is 5.96. The molecule has 25 heavy (non-hydrogen) atoms. The zero-order valence-corrected chi connectivity index (χ0v) is 14.1. The Hall–Kier alpha value is -2.20. The van der Waals surface area contributed by atoms with Crippen LogP contribution in [0.2, 0.25) is 0 Å². The van der Waals surface area contributed by atoms with Crippen LogP contribution in [0.4, 0.5) is 13.2 Å². The Morgan fingerprint density at radius 3 is 2.48 bits per heavy atom. The van der Waals surface area contributed by atoms with Crippen molar-refractivity contribution in [2.45, 2.75) is 17.5 Å². The third-order valence-corrected chi connectivity index (χ3v) is 5.05. The van der Waals surface area contributed by atoms with E-state index in [1.54, 1.807) is 24.4 Å². The number of hydrogen-bond donors (Lipinski definition) is 0. The summed E-state index contributed by atoms with van der Waals surface area (Å²) in [6.45, 7) is -1.29. The Morgan fingerprint density at radius 2 is 1.92 bits per heavy atom. The lowest BCUT2D eigenvalue weighted by molar-refractivity contribution is -0.154. The number of rotatable bonds is 7. The molecule has 0 aliphatic carbocycles. The molecular weight excluding hydrogens is 359 g/mol. The normalized spacial score (nSPS) is 12.4. The molecule has 0 radical (unpaired) electrons. The average Bonchev–Trinajstić information content (AvgIpc) is 2.58. The maximum atomic E-state index is 12.4. The molecule has 0 aliphatic rings. The van der Waals surface area contributed by atoms with E-state index in [0.717, 1.165) is 28.3 Å². The van der Waals surface area contributed by atoms with Crippen LogP contribution in [0.1, 0.15) is 5.69 Å². The summed E-state index contributed by atoms with van der Waals surface area (Å²) in [5.41, 5.74) is 0.749. The standard InChI is InChI=1S/C15H16F3N3O3S/c1-21(9-7-12-4-2-3-8-19-12)25(22,23)13-5-6-14(20-10-13)24-11-15(16,17)18/h2-6,8,10H,7,9,11H2,1H3. The third-order valence-electron chi connectivity index (χ3n) is 3.21. The van der Waals surface area contributed by atoms with E-state index in [2.05, 4.69) is 14.7 Å². The molecule has 0 atom stereocenters. The summed E-state index contributed by atoms with van der Waals surface area (Å²) in [7, 11) is -2.39. The van der Waals surface area contributed by atoms with Gasteiger partial charge >= 0.3 is 6.18 Å². The first-order valence-corrected chi connectivity index (χ1v) is 8.64. The van der Waals surface area contributed by atoms with Gasteiger partial charge in [-0.3, -0.25) is 4.98 Å². The number of ether oxygens (including phenoxy) is 1. The first kappa shape index (κ1) is 19.1. The van der Waals surface area contributed by atoms with Crippen molar-refractivity contribution in [3.8, 4) is 5.88 Å². The smallest absolute Gasteiger partial charge is 0.422 e. The lowest BCUT2D eigenvalue weighted by Crippen LogP contribution is -2.29. The van der Waals surface area contributed by atoms with Crippen LogP contribution in [0.25, 0.3) is 0 Å². The molecule has 10 heteroatoms. The van der Waals surface area contributed by atoms with E-state index in [1.807, 2.05) is 0 Å². The van der Waals surface area contributed by atoms with Crippen LogP contribution in [0.5, 0.6) is 5.88 Å². The minimum Gasteiger partial charge on any atom is -0.468 e. The number of sulfonamides is 1. The lowest BCUT2D eigenvalue weighted by atomic mass is 10.3. The molecule has 0 amide bonds. The number of hydrogen-bond acceptors (Lipinski definition) is 5. The van der Waals surface area contributed by atoms with Gasteiger partial charge < -0.3 is 4.74 Å². The molecule has 2 aromatic heterocycles. The van der Waals surface area contributed by atoms with Gasteiger partial charge in [-0.1, -0.05) is 6.07 Å². The van der Waals surface area contributed by atoms with E-state index in [-0.39, 0.29) is 17.3 Å². The summed E-state index contributed by atoms with van der Waals surface area (Å²) < 4.78 is 66.7. The second kappa shape index (κ2) is 7.79. The second-order valence-electron chi connectivity index (χ2n) is 5.13. The van der Waals surface area contributed by atoms with E-state index in [0.29, 0.717) is 6.42 Å². The number of likely N-dealkylation sites (N-methyl/N-ethyl adjacent to an activating group) is 1. The molecule has 0 N–H and O–H groups in total. The summed E-state index contributed by atoms with van der Waals surface area (Å²) in [5, 5.41) is 0. The highest BCUT2D eigenvalue weighted by atomic mass is 32.2. The molecule has 0 fully saturated rings. The van der Waals surface area contributed by atoms with Gasteiger partial charge in [-0.25, -0.2) is 17.7 Å². The van der Waals surface area contributed by atoms with Gasteiger partial charge in [0.1, 0.15) is 4.90 Å². The SMILES string of the molecule is CN(CCc1ccccn1)S(=O)(=O)c1ccc(OCC(F)(F)F)nc1. The van der Waals surface area contributed by atoms with Gasteiger partial charge in [-0.2, -0.15) is 13.2 Å². The van der Waals surface area contributed by atoms with E-state index < -0.39 is 22.8 Å². The van der Waals surface area contributed by atoms with Crippen molar-refractivity contribution in [1.82, 2.24) is 14.3 Å². The molecule has 136 valence electrons. The summed E-state index contributed by atoms with van der Waals surface area (Å²) >= 11 is 0. The fraction of sp³-hybridized carbons (Fsp3) is 0.333. The van der Waals surface area contributed by atoms with Gasteiger partial charge in [0.2, 0.25) is 15.9 Å². The van der Waals surface area contributed by atoms with Crippen LogP contribution in [-0.4, -0.2) is 49.1 Å². The van der Waals surface area contributed by atoms with Crippen LogP contribution < -0.4 is 4.74 Å². The number of pyridine rings is 2. The van der Waals surface area contributed by atoms with Crippen LogP contribution in [0.3, 0.4) is 0 Å². The molecular formula is C15H16F3N3O3S. The van der Waals surface area contributed by atoms with Gasteiger partial charge in [0.15, 0.2) is 6.61 Å². The topological polar surface area (TPSA) is 72.4 Å².